The predicted molar refractivity (Wildman–Crippen MR) is 116 cm³/mol. The number of carbonyl (C=O) groups excluding carboxylic acids is 2. The van der Waals surface area contributed by atoms with Gasteiger partial charge in [-0.25, -0.2) is 0 Å². The summed E-state index contributed by atoms with van der Waals surface area (Å²) in [5.74, 6) is -1.43. The second-order valence-electron chi connectivity index (χ2n) is 9.34. The van der Waals surface area contributed by atoms with E-state index in [1.165, 1.54) is 0 Å². The molecule has 0 radical (unpaired) electrons. The molecule has 0 aliphatic carbocycles. The second kappa shape index (κ2) is 10.4. The number of ether oxygens (including phenoxy) is 2. The summed E-state index contributed by atoms with van der Waals surface area (Å²) in [7, 11) is 0. The standard InChI is InChI=1S/C24H37NO5/c1-7-20(26)21(23(28)30-24(4,5)6)18-13-14-19(22(27)29-16(2)3)25(18)15-17-11-9-8-10-12-17/h8-12,16,18-21,26H,7,13-15H2,1-6H3/t18-,19+,20+,21+/m1/s1. The van der Waals surface area contributed by atoms with Gasteiger partial charge in [0.25, 0.3) is 0 Å². The minimum Gasteiger partial charge on any atom is -0.462 e. The van der Waals surface area contributed by atoms with Gasteiger partial charge in [0.1, 0.15) is 11.6 Å². The molecule has 0 saturated carbocycles. The Bertz CT molecular complexity index is 697. The first-order chi connectivity index (χ1) is 14.0. The summed E-state index contributed by atoms with van der Waals surface area (Å²) in [4.78, 5) is 27.9. The van der Waals surface area contributed by atoms with Crippen LogP contribution in [0.3, 0.4) is 0 Å². The molecule has 1 aliphatic rings. The van der Waals surface area contributed by atoms with E-state index in [0.29, 0.717) is 25.8 Å². The highest BCUT2D eigenvalue weighted by Gasteiger charge is 2.47. The zero-order chi connectivity index (χ0) is 22.5. The number of likely N-dealkylation sites (tertiary alicyclic amines) is 1. The van der Waals surface area contributed by atoms with Crippen molar-refractivity contribution in [2.75, 3.05) is 0 Å². The third-order valence-corrected chi connectivity index (χ3v) is 5.32. The Morgan fingerprint density at radius 1 is 1.17 bits per heavy atom. The van der Waals surface area contributed by atoms with Crippen LogP contribution in [0.5, 0.6) is 0 Å². The van der Waals surface area contributed by atoms with Crippen LogP contribution in [0.15, 0.2) is 30.3 Å². The molecular formula is C24H37NO5. The van der Waals surface area contributed by atoms with Crippen molar-refractivity contribution in [3.8, 4) is 0 Å². The Labute approximate surface area is 180 Å². The Hall–Kier alpha value is -1.92. The first-order valence-electron chi connectivity index (χ1n) is 10.9. The number of aliphatic hydroxyl groups excluding tert-OH is 1. The molecule has 0 bridgehead atoms. The van der Waals surface area contributed by atoms with Gasteiger partial charge in [0.2, 0.25) is 0 Å². The molecule has 1 N–H and O–H groups in total. The van der Waals surface area contributed by atoms with Gasteiger partial charge in [0, 0.05) is 12.6 Å². The van der Waals surface area contributed by atoms with Gasteiger partial charge in [-0.1, -0.05) is 37.3 Å². The lowest BCUT2D eigenvalue weighted by molar-refractivity contribution is -0.169. The summed E-state index contributed by atoms with van der Waals surface area (Å²) < 4.78 is 11.2. The molecule has 1 aliphatic heterocycles. The summed E-state index contributed by atoms with van der Waals surface area (Å²) in [5, 5.41) is 10.8. The lowest BCUT2D eigenvalue weighted by atomic mass is 9.90. The molecule has 0 aromatic heterocycles. The number of esters is 2. The average Bonchev–Trinajstić information content (AvgIpc) is 3.03. The molecule has 0 amide bonds. The minimum absolute atomic E-state index is 0.210. The molecule has 1 aromatic carbocycles. The van der Waals surface area contributed by atoms with Crippen LogP contribution in [0.2, 0.25) is 0 Å². The fraction of sp³-hybridized carbons (Fsp3) is 0.667. The third-order valence-electron chi connectivity index (χ3n) is 5.32. The molecule has 1 fully saturated rings. The smallest absolute Gasteiger partial charge is 0.323 e. The van der Waals surface area contributed by atoms with Crippen molar-refractivity contribution in [3.63, 3.8) is 0 Å². The Balaban J connectivity index is 2.36. The third kappa shape index (κ3) is 6.54. The van der Waals surface area contributed by atoms with Gasteiger partial charge in [-0.3, -0.25) is 14.5 Å². The molecule has 1 aromatic rings. The SMILES string of the molecule is CC[C@H](O)[C@@H](C(=O)OC(C)(C)C)[C@H]1CC[C@@H](C(=O)OC(C)C)N1Cc1ccccc1. The van der Waals surface area contributed by atoms with Crippen molar-refractivity contribution in [3.05, 3.63) is 35.9 Å². The van der Waals surface area contributed by atoms with Crippen LogP contribution >= 0.6 is 0 Å². The largest absolute Gasteiger partial charge is 0.462 e. The lowest BCUT2D eigenvalue weighted by Crippen LogP contribution is -2.50. The summed E-state index contributed by atoms with van der Waals surface area (Å²) in [5.41, 5.74) is 0.391. The van der Waals surface area contributed by atoms with E-state index in [-0.39, 0.29) is 18.1 Å². The zero-order valence-corrected chi connectivity index (χ0v) is 19.1. The highest BCUT2D eigenvalue weighted by Crippen LogP contribution is 2.35. The number of hydrogen-bond acceptors (Lipinski definition) is 6. The van der Waals surface area contributed by atoms with Gasteiger partial charge in [-0.15, -0.1) is 0 Å². The van der Waals surface area contributed by atoms with E-state index in [0.717, 1.165) is 5.56 Å². The monoisotopic (exact) mass is 419 g/mol. The number of nitrogens with zero attached hydrogens (tertiary/aromatic N) is 1. The first-order valence-corrected chi connectivity index (χ1v) is 10.9. The summed E-state index contributed by atoms with van der Waals surface area (Å²) >= 11 is 0. The van der Waals surface area contributed by atoms with Crippen molar-refractivity contribution >= 4 is 11.9 Å². The molecule has 6 nitrogen and oxygen atoms in total. The molecule has 30 heavy (non-hydrogen) atoms. The van der Waals surface area contributed by atoms with E-state index >= 15 is 0 Å². The normalized spacial score (nSPS) is 22.0. The number of carbonyl (C=O) groups is 2. The van der Waals surface area contributed by atoms with Crippen LogP contribution in [0, 0.1) is 5.92 Å². The number of aliphatic hydroxyl groups is 1. The molecule has 1 heterocycles. The first kappa shape index (κ1) is 24.4. The summed E-state index contributed by atoms with van der Waals surface area (Å²) in [6.45, 7) is 11.5. The van der Waals surface area contributed by atoms with Gasteiger partial charge in [0.05, 0.1) is 18.1 Å². The van der Waals surface area contributed by atoms with E-state index in [2.05, 4.69) is 0 Å². The number of benzene rings is 1. The van der Waals surface area contributed by atoms with Gasteiger partial charge in [-0.2, -0.15) is 0 Å². The molecule has 0 unspecified atom stereocenters. The quantitative estimate of drug-likeness (QED) is 0.648. The molecule has 4 atom stereocenters. The molecular weight excluding hydrogens is 382 g/mol. The molecule has 2 rings (SSSR count). The van der Waals surface area contributed by atoms with Crippen molar-refractivity contribution < 1.29 is 24.2 Å². The highest BCUT2D eigenvalue weighted by molar-refractivity contribution is 5.78. The van der Waals surface area contributed by atoms with Crippen molar-refractivity contribution in [1.82, 2.24) is 4.90 Å². The van der Waals surface area contributed by atoms with Crippen molar-refractivity contribution in [2.24, 2.45) is 5.92 Å². The van der Waals surface area contributed by atoms with Gasteiger partial charge in [0.15, 0.2) is 0 Å². The maximum Gasteiger partial charge on any atom is 0.323 e. The van der Waals surface area contributed by atoms with Crippen LogP contribution in [0.4, 0.5) is 0 Å². The van der Waals surface area contributed by atoms with Crippen LogP contribution < -0.4 is 0 Å². The van der Waals surface area contributed by atoms with E-state index in [9.17, 15) is 14.7 Å². The van der Waals surface area contributed by atoms with Crippen LogP contribution in [0.1, 0.15) is 66.4 Å². The van der Waals surface area contributed by atoms with E-state index < -0.39 is 29.6 Å². The summed E-state index contributed by atoms with van der Waals surface area (Å²) in [6.07, 6.45) is 0.575. The van der Waals surface area contributed by atoms with E-state index in [1.807, 2.05) is 76.8 Å². The molecule has 168 valence electrons. The zero-order valence-electron chi connectivity index (χ0n) is 19.1. The molecule has 0 spiro atoms. The molecule has 1 saturated heterocycles. The fourth-order valence-corrected chi connectivity index (χ4v) is 4.06. The van der Waals surface area contributed by atoms with E-state index in [4.69, 9.17) is 9.47 Å². The Morgan fingerprint density at radius 2 is 1.80 bits per heavy atom. The van der Waals surface area contributed by atoms with Crippen LogP contribution in [0.25, 0.3) is 0 Å². The van der Waals surface area contributed by atoms with E-state index in [1.54, 1.807) is 0 Å². The Kier molecular flexibility index (Phi) is 8.44. The topological polar surface area (TPSA) is 76.1 Å². The predicted octanol–water partition coefficient (Wildman–Crippen LogP) is 3.70. The van der Waals surface area contributed by atoms with Gasteiger partial charge < -0.3 is 14.6 Å². The van der Waals surface area contributed by atoms with Crippen LogP contribution in [-0.4, -0.2) is 51.8 Å². The van der Waals surface area contributed by atoms with Crippen LogP contribution in [-0.2, 0) is 25.6 Å². The number of hydrogen-bond donors (Lipinski definition) is 1. The van der Waals surface area contributed by atoms with Gasteiger partial charge >= 0.3 is 11.9 Å². The highest BCUT2D eigenvalue weighted by atomic mass is 16.6. The number of rotatable bonds is 8. The minimum atomic E-state index is -0.844. The maximum atomic E-state index is 13.1. The summed E-state index contributed by atoms with van der Waals surface area (Å²) in [6, 6.07) is 9.09. The lowest BCUT2D eigenvalue weighted by Gasteiger charge is -2.36. The maximum absolute atomic E-state index is 13.1. The Morgan fingerprint density at radius 3 is 2.33 bits per heavy atom. The second-order valence-corrected chi connectivity index (χ2v) is 9.34. The average molecular weight is 420 g/mol. The van der Waals surface area contributed by atoms with Crippen molar-refractivity contribution in [2.45, 2.75) is 97.2 Å². The molecule has 6 heteroatoms. The van der Waals surface area contributed by atoms with Crippen molar-refractivity contribution in [1.29, 1.82) is 0 Å². The van der Waals surface area contributed by atoms with Gasteiger partial charge in [-0.05, 0) is 59.4 Å². The fourth-order valence-electron chi connectivity index (χ4n) is 4.06.